The average molecular weight is 363 g/mol. The molecule has 3 aromatic rings. The second kappa shape index (κ2) is 7.25. The molecule has 4 heterocycles. The van der Waals surface area contributed by atoms with E-state index in [-0.39, 0.29) is 12.1 Å². The van der Waals surface area contributed by atoms with Crippen LogP contribution in [0, 0.1) is 0 Å². The lowest BCUT2D eigenvalue weighted by Crippen LogP contribution is -2.30. The van der Waals surface area contributed by atoms with Gasteiger partial charge in [-0.2, -0.15) is 0 Å². The fourth-order valence-electron chi connectivity index (χ4n) is 3.55. The first kappa shape index (κ1) is 16.7. The zero-order chi connectivity index (χ0) is 17.9. The lowest BCUT2D eigenvalue weighted by atomic mass is 10.0. The van der Waals surface area contributed by atoms with Crippen molar-refractivity contribution < 1.29 is 0 Å². The van der Waals surface area contributed by atoms with Crippen LogP contribution in [0.2, 0.25) is 0 Å². The van der Waals surface area contributed by atoms with Crippen molar-refractivity contribution in [3.8, 4) is 0 Å². The van der Waals surface area contributed by atoms with Crippen LogP contribution in [0.25, 0.3) is 0 Å². The molecule has 1 aliphatic heterocycles. The van der Waals surface area contributed by atoms with Gasteiger partial charge in [-0.3, -0.25) is 9.97 Å². The first-order valence-electron chi connectivity index (χ1n) is 8.81. The van der Waals surface area contributed by atoms with Gasteiger partial charge in [0.25, 0.3) is 0 Å². The maximum Gasteiger partial charge on any atom is 0.170 e. The van der Waals surface area contributed by atoms with Gasteiger partial charge in [0.1, 0.15) is 0 Å². The van der Waals surface area contributed by atoms with E-state index < -0.39 is 0 Å². The van der Waals surface area contributed by atoms with Gasteiger partial charge in [0.15, 0.2) is 5.11 Å². The van der Waals surface area contributed by atoms with Gasteiger partial charge in [0.05, 0.1) is 30.0 Å². The third-order valence-corrected chi connectivity index (χ3v) is 5.12. The SMILES string of the molecule is CCn1cccc1[C@H]1[C@@H](c2ccccn2)NC(=S)N1Cc1ccccn1. The summed E-state index contributed by atoms with van der Waals surface area (Å²) in [7, 11) is 0. The summed E-state index contributed by atoms with van der Waals surface area (Å²) in [4.78, 5) is 11.3. The number of aryl methyl sites for hydroxylation is 1. The van der Waals surface area contributed by atoms with Crippen LogP contribution >= 0.6 is 12.2 Å². The Balaban J connectivity index is 1.75. The van der Waals surface area contributed by atoms with E-state index >= 15 is 0 Å². The zero-order valence-electron chi connectivity index (χ0n) is 14.6. The smallest absolute Gasteiger partial charge is 0.170 e. The van der Waals surface area contributed by atoms with E-state index in [1.165, 1.54) is 5.69 Å². The van der Waals surface area contributed by atoms with Crippen molar-refractivity contribution in [1.82, 2.24) is 24.8 Å². The standard InChI is InChI=1S/C20H21N5S/c1-2-24-13-7-10-17(24)19-18(16-9-4-6-12-22-16)23-20(26)25(19)14-15-8-3-5-11-21-15/h3-13,18-19H,2,14H2,1H3,(H,23,26)/t18-,19+/m1/s1. The second-order valence-corrected chi connectivity index (χ2v) is 6.68. The topological polar surface area (TPSA) is 46.0 Å². The highest BCUT2D eigenvalue weighted by Crippen LogP contribution is 2.39. The molecule has 3 aromatic heterocycles. The van der Waals surface area contributed by atoms with Crippen molar-refractivity contribution in [2.45, 2.75) is 32.1 Å². The van der Waals surface area contributed by atoms with Gasteiger partial charge in [-0.05, 0) is 55.5 Å². The van der Waals surface area contributed by atoms with Gasteiger partial charge in [-0.15, -0.1) is 0 Å². The van der Waals surface area contributed by atoms with Gasteiger partial charge in [0.2, 0.25) is 0 Å². The van der Waals surface area contributed by atoms with Crippen molar-refractivity contribution >= 4 is 17.3 Å². The van der Waals surface area contributed by atoms with Crippen LogP contribution in [0.1, 0.15) is 36.1 Å². The first-order chi connectivity index (χ1) is 12.8. The number of hydrogen-bond acceptors (Lipinski definition) is 3. The highest BCUT2D eigenvalue weighted by Gasteiger charge is 2.41. The van der Waals surface area contributed by atoms with Crippen molar-refractivity contribution in [3.63, 3.8) is 0 Å². The van der Waals surface area contributed by atoms with Crippen molar-refractivity contribution in [1.29, 1.82) is 0 Å². The molecule has 0 aromatic carbocycles. The Hall–Kier alpha value is -2.73. The van der Waals surface area contributed by atoms with Crippen LogP contribution in [0.3, 0.4) is 0 Å². The van der Waals surface area contributed by atoms with Gasteiger partial charge in [-0.1, -0.05) is 12.1 Å². The minimum Gasteiger partial charge on any atom is -0.352 e. The summed E-state index contributed by atoms with van der Waals surface area (Å²) in [6, 6.07) is 16.3. The molecule has 1 aliphatic rings. The second-order valence-electron chi connectivity index (χ2n) is 6.29. The van der Waals surface area contributed by atoms with Crippen molar-refractivity contribution in [2.24, 2.45) is 0 Å². The zero-order valence-corrected chi connectivity index (χ0v) is 15.4. The van der Waals surface area contributed by atoms with E-state index in [0.717, 1.165) is 23.0 Å². The number of nitrogens with zero attached hydrogens (tertiary/aromatic N) is 4. The van der Waals surface area contributed by atoms with Crippen LogP contribution in [0.4, 0.5) is 0 Å². The molecule has 0 bridgehead atoms. The lowest BCUT2D eigenvalue weighted by molar-refractivity contribution is 0.295. The molecule has 4 rings (SSSR count). The number of pyridine rings is 2. The summed E-state index contributed by atoms with van der Waals surface area (Å²) in [6.07, 6.45) is 5.77. The molecule has 1 saturated heterocycles. The normalized spacial score (nSPS) is 19.6. The third kappa shape index (κ3) is 3.08. The minimum atomic E-state index is 0.00705. The van der Waals surface area contributed by atoms with Gasteiger partial charge < -0.3 is 14.8 Å². The molecular formula is C20H21N5S. The first-order valence-corrected chi connectivity index (χ1v) is 9.21. The van der Waals surface area contributed by atoms with E-state index in [1.807, 2.05) is 42.7 Å². The van der Waals surface area contributed by atoms with Crippen LogP contribution in [0.15, 0.2) is 67.1 Å². The summed E-state index contributed by atoms with van der Waals surface area (Å²) in [5.74, 6) is 0. The number of thiocarbonyl (C=S) groups is 1. The molecule has 0 spiro atoms. The van der Waals surface area contributed by atoms with Crippen molar-refractivity contribution in [3.05, 3.63) is 84.2 Å². The van der Waals surface area contributed by atoms with Crippen LogP contribution in [0.5, 0.6) is 0 Å². The van der Waals surface area contributed by atoms with E-state index in [2.05, 4.69) is 56.1 Å². The predicted molar refractivity (Wildman–Crippen MR) is 105 cm³/mol. The third-order valence-electron chi connectivity index (χ3n) is 4.76. The molecule has 26 heavy (non-hydrogen) atoms. The highest BCUT2D eigenvalue weighted by atomic mass is 32.1. The number of aromatic nitrogens is 3. The Bertz CT molecular complexity index is 877. The molecule has 6 heteroatoms. The summed E-state index contributed by atoms with van der Waals surface area (Å²) in [5.41, 5.74) is 3.22. The molecule has 0 amide bonds. The molecule has 1 fully saturated rings. The number of hydrogen-bond donors (Lipinski definition) is 1. The maximum atomic E-state index is 5.70. The van der Waals surface area contributed by atoms with E-state index in [9.17, 15) is 0 Å². The Labute approximate surface area is 158 Å². The molecule has 0 unspecified atom stereocenters. The molecule has 0 aliphatic carbocycles. The quantitative estimate of drug-likeness (QED) is 0.703. The van der Waals surface area contributed by atoms with E-state index in [4.69, 9.17) is 12.2 Å². The van der Waals surface area contributed by atoms with E-state index in [0.29, 0.717) is 6.54 Å². The maximum absolute atomic E-state index is 5.70. The molecule has 2 atom stereocenters. The van der Waals surface area contributed by atoms with E-state index in [1.54, 1.807) is 0 Å². The monoisotopic (exact) mass is 363 g/mol. The Kier molecular flexibility index (Phi) is 4.67. The van der Waals surface area contributed by atoms with Crippen LogP contribution < -0.4 is 5.32 Å². The summed E-state index contributed by atoms with van der Waals surface area (Å²) >= 11 is 5.70. The fraction of sp³-hybridized carbons (Fsp3) is 0.250. The van der Waals surface area contributed by atoms with Crippen LogP contribution in [-0.2, 0) is 13.1 Å². The average Bonchev–Trinajstić information content (AvgIpc) is 3.28. The van der Waals surface area contributed by atoms with Crippen molar-refractivity contribution in [2.75, 3.05) is 0 Å². The lowest BCUT2D eigenvalue weighted by Gasteiger charge is -2.28. The molecule has 0 saturated carbocycles. The summed E-state index contributed by atoms with van der Waals surface area (Å²) in [5, 5.41) is 4.22. The molecule has 1 N–H and O–H groups in total. The summed E-state index contributed by atoms with van der Waals surface area (Å²) < 4.78 is 2.27. The Morgan fingerprint density at radius 2 is 1.85 bits per heavy atom. The molecule has 132 valence electrons. The van der Waals surface area contributed by atoms with Crippen LogP contribution in [-0.4, -0.2) is 24.5 Å². The Morgan fingerprint density at radius 1 is 1.04 bits per heavy atom. The summed E-state index contributed by atoms with van der Waals surface area (Å²) in [6.45, 7) is 3.73. The van der Waals surface area contributed by atoms with Gasteiger partial charge in [-0.25, -0.2) is 0 Å². The predicted octanol–water partition coefficient (Wildman–Crippen LogP) is 3.47. The molecule has 0 radical (unpaired) electrons. The molecule has 5 nitrogen and oxygen atoms in total. The number of nitrogens with one attached hydrogen (secondary N) is 1. The van der Waals surface area contributed by atoms with Gasteiger partial charge >= 0.3 is 0 Å². The largest absolute Gasteiger partial charge is 0.352 e. The number of rotatable bonds is 5. The minimum absolute atomic E-state index is 0.00705. The Morgan fingerprint density at radius 3 is 2.54 bits per heavy atom. The highest BCUT2D eigenvalue weighted by molar-refractivity contribution is 7.80. The molecular weight excluding hydrogens is 342 g/mol. The fourth-order valence-corrected chi connectivity index (χ4v) is 3.85. The van der Waals surface area contributed by atoms with Gasteiger partial charge in [0, 0.05) is 30.8 Å².